The van der Waals surface area contributed by atoms with E-state index >= 15 is 0 Å². The number of allylic oxidation sites excluding steroid dienone is 3. The van der Waals surface area contributed by atoms with E-state index in [0.29, 0.717) is 0 Å². The van der Waals surface area contributed by atoms with Gasteiger partial charge >= 0.3 is 4.96 Å². The zero-order chi connectivity index (χ0) is 20.2. The third-order valence-corrected chi connectivity index (χ3v) is 6.87. The van der Waals surface area contributed by atoms with Crippen LogP contribution >= 0.6 is 11.3 Å². The first-order valence-corrected chi connectivity index (χ1v) is 10.7. The van der Waals surface area contributed by atoms with Crippen LogP contribution in [-0.2, 0) is 5.41 Å². The minimum Gasteiger partial charge on any atom is -0.347 e. The fourth-order valence-corrected chi connectivity index (χ4v) is 5.51. The van der Waals surface area contributed by atoms with E-state index in [2.05, 4.69) is 110 Å². The van der Waals surface area contributed by atoms with Crippen LogP contribution in [-0.4, -0.2) is 12.0 Å². The molecule has 2 aromatic heterocycles. The van der Waals surface area contributed by atoms with Crippen molar-refractivity contribution >= 4 is 38.3 Å². The maximum Gasteiger partial charge on any atom is 0.388 e. The highest BCUT2D eigenvalue weighted by atomic mass is 32.1. The van der Waals surface area contributed by atoms with Crippen LogP contribution in [0.3, 0.4) is 0 Å². The van der Waals surface area contributed by atoms with Crippen LogP contribution in [0.1, 0.15) is 30.8 Å². The van der Waals surface area contributed by atoms with Gasteiger partial charge in [0.2, 0.25) is 0 Å². The second-order valence-corrected chi connectivity index (χ2v) is 9.13. The maximum atomic E-state index is 4.75. The second kappa shape index (κ2) is 6.53. The molecule has 144 valence electrons. The molecule has 29 heavy (non-hydrogen) atoms. The van der Waals surface area contributed by atoms with E-state index in [0.717, 1.165) is 16.3 Å². The summed E-state index contributed by atoms with van der Waals surface area (Å²) in [6.07, 6.45) is 6.62. The average molecular weight is 399 g/mol. The summed E-state index contributed by atoms with van der Waals surface area (Å²) in [5, 5.41) is 0. The quantitative estimate of drug-likeness (QED) is 0.406. The summed E-state index contributed by atoms with van der Waals surface area (Å²) in [5.41, 5.74) is 7.35. The first-order chi connectivity index (χ1) is 14.0. The van der Waals surface area contributed by atoms with Gasteiger partial charge in [0.25, 0.3) is 0 Å². The van der Waals surface area contributed by atoms with E-state index in [9.17, 15) is 0 Å². The molecule has 4 heteroatoms. The highest BCUT2D eigenvalue weighted by Gasteiger charge is 2.37. The topological polar surface area (TPSA) is 20.2 Å². The van der Waals surface area contributed by atoms with Crippen LogP contribution < -0.4 is 9.30 Å². The number of hydrogen-bond acceptors (Lipinski definition) is 3. The van der Waals surface area contributed by atoms with E-state index in [-0.39, 0.29) is 5.41 Å². The molecule has 0 fully saturated rings. The van der Waals surface area contributed by atoms with Crippen molar-refractivity contribution in [3.8, 4) is 0 Å². The van der Waals surface area contributed by atoms with E-state index < -0.39 is 0 Å². The number of aromatic nitrogens is 2. The van der Waals surface area contributed by atoms with Crippen molar-refractivity contribution in [1.29, 1.82) is 0 Å². The third-order valence-electron chi connectivity index (χ3n) is 5.85. The first kappa shape index (κ1) is 18.1. The number of likely N-dealkylation sites (N-methyl/N-ethyl adjacent to an activating group) is 1. The summed E-state index contributed by atoms with van der Waals surface area (Å²) in [7, 11) is 2.16. The number of para-hydroxylation sites is 2. The summed E-state index contributed by atoms with van der Waals surface area (Å²) >= 11 is 1.73. The number of fused-ring (bicyclic) bond motifs is 4. The zero-order valence-corrected chi connectivity index (χ0v) is 18.0. The molecule has 0 N–H and O–H groups in total. The monoisotopic (exact) mass is 398 g/mol. The van der Waals surface area contributed by atoms with Crippen LogP contribution in [0, 0.1) is 6.92 Å². The number of rotatable bonds is 2. The molecule has 0 amide bonds. The summed E-state index contributed by atoms with van der Waals surface area (Å²) in [6, 6.07) is 19.3. The van der Waals surface area contributed by atoms with E-state index in [4.69, 9.17) is 4.98 Å². The Labute approximate surface area is 175 Å². The van der Waals surface area contributed by atoms with Gasteiger partial charge in [-0.15, -0.1) is 0 Å². The van der Waals surface area contributed by atoms with Crippen LogP contribution in [0.2, 0.25) is 0 Å². The molecule has 3 nitrogen and oxygen atoms in total. The van der Waals surface area contributed by atoms with Crippen molar-refractivity contribution in [2.75, 3.05) is 11.9 Å². The van der Waals surface area contributed by atoms with Gasteiger partial charge in [-0.3, -0.25) is 0 Å². The summed E-state index contributed by atoms with van der Waals surface area (Å²) in [5.74, 6) is 0. The Morgan fingerprint density at radius 3 is 2.66 bits per heavy atom. The Bertz CT molecular complexity index is 1310. The first-order valence-electron chi connectivity index (χ1n) is 9.90. The lowest BCUT2D eigenvalue weighted by atomic mass is 9.84. The molecule has 0 aliphatic carbocycles. The minimum absolute atomic E-state index is 0.0125. The van der Waals surface area contributed by atoms with Gasteiger partial charge in [0.15, 0.2) is 11.2 Å². The van der Waals surface area contributed by atoms with Crippen molar-refractivity contribution in [3.05, 3.63) is 89.4 Å². The number of benzene rings is 2. The number of thiazole rings is 1. The molecule has 2 aromatic carbocycles. The Morgan fingerprint density at radius 1 is 1.07 bits per heavy atom. The van der Waals surface area contributed by atoms with Crippen LogP contribution in [0.25, 0.3) is 21.3 Å². The van der Waals surface area contributed by atoms with Gasteiger partial charge in [-0.05, 0) is 52.2 Å². The fraction of sp³-hybridized carbons (Fsp3) is 0.200. The second-order valence-electron chi connectivity index (χ2n) is 8.12. The third kappa shape index (κ3) is 2.78. The summed E-state index contributed by atoms with van der Waals surface area (Å²) < 4.78 is 3.51. The van der Waals surface area contributed by atoms with Crippen molar-refractivity contribution in [2.45, 2.75) is 26.2 Å². The predicted octanol–water partition coefficient (Wildman–Crippen LogP) is 5.67. The SMILES string of the molecule is Cc1cc(/C=C/C=C2/N(C)c3ccccc3C2(C)C)[n+]2c(n1)sc1ccccc12. The zero-order valence-electron chi connectivity index (χ0n) is 17.2. The number of hydrogen-bond donors (Lipinski definition) is 0. The fourth-order valence-electron chi connectivity index (χ4n) is 4.42. The minimum atomic E-state index is -0.0125. The molecule has 0 saturated heterocycles. The molecule has 3 heterocycles. The molecular formula is C25H24N3S+. The van der Waals surface area contributed by atoms with Crippen molar-refractivity contribution in [1.82, 2.24) is 4.98 Å². The van der Waals surface area contributed by atoms with Crippen LogP contribution in [0.4, 0.5) is 5.69 Å². The van der Waals surface area contributed by atoms with Crippen molar-refractivity contribution < 1.29 is 4.40 Å². The average Bonchev–Trinajstić information content (AvgIpc) is 3.16. The summed E-state index contributed by atoms with van der Waals surface area (Å²) in [4.78, 5) is 8.08. The van der Waals surface area contributed by atoms with Gasteiger partial charge in [-0.25, -0.2) is 0 Å². The van der Waals surface area contributed by atoms with Gasteiger partial charge in [-0.2, -0.15) is 4.40 Å². The molecule has 0 bridgehead atoms. The molecule has 0 radical (unpaired) electrons. The molecule has 4 aromatic rings. The molecule has 5 rings (SSSR count). The lowest BCUT2D eigenvalue weighted by Gasteiger charge is -2.23. The van der Waals surface area contributed by atoms with Crippen LogP contribution in [0.15, 0.2) is 72.4 Å². The Hall–Kier alpha value is -2.98. The van der Waals surface area contributed by atoms with Gasteiger partial charge in [0.1, 0.15) is 5.69 Å². The van der Waals surface area contributed by atoms with Crippen molar-refractivity contribution in [2.24, 2.45) is 0 Å². The normalized spacial score (nSPS) is 17.1. The molecule has 1 aliphatic rings. The standard InChI is InChI=1S/C25H24N3S/c1-17-16-18(28-21-13-7-8-14-22(21)29-24(28)26-17)10-9-15-23-25(2,3)19-11-5-6-12-20(19)27(23)4/h5-16H,1-4H3/q+1. The lowest BCUT2D eigenvalue weighted by molar-refractivity contribution is -0.482. The Morgan fingerprint density at radius 2 is 1.83 bits per heavy atom. The highest BCUT2D eigenvalue weighted by molar-refractivity contribution is 7.22. The van der Waals surface area contributed by atoms with E-state index in [1.807, 2.05) is 0 Å². The molecule has 0 unspecified atom stereocenters. The molecular weight excluding hydrogens is 374 g/mol. The Balaban J connectivity index is 1.60. The van der Waals surface area contributed by atoms with Gasteiger partial charge in [-0.1, -0.05) is 50.3 Å². The number of nitrogens with zero attached hydrogens (tertiary/aromatic N) is 3. The van der Waals surface area contributed by atoms with Gasteiger partial charge in [0.05, 0.1) is 4.70 Å². The Kier molecular flexibility index (Phi) is 4.07. The van der Waals surface area contributed by atoms with Gasteiger partial charge < -0.3 is 4.90 Å². The number of aryl methyl sites for hydroxylation is 1. The van der Waals surface area contributed by atoms with E-state index in [1.54, 1.807) is 11.3 Å². The predicted molar refractivity (Wildman–Crippen MR) is 123 cm³/mol. The molecule has 1 aliphatic heterocycles. The maximum absolute atomic E-state index is 4.75. The highest BCUT2D eigenvalue weighted by Crippen LogP contribution is 2.46. The molecule has 0 spiro atoms. The lowest BCUT2D eigenvalue weighted by Crippen LogP contribution is -2.25. The van der Waals surface area contributed by atoms with E-state index in [1.165, 1.54) is 27.2 Å². The smallest absolute Gasteiger partial charge is 0.347 e. The van der Waals surface area contributed by atoms with Gasteiger partial charge in [0, 0.05) is 36.8 Å². The number of anilines is 1. The largest absolute Gasteiger partial charge is 0.388 e. The molecule has 0 saturated carbocycles. The summed E-state index contributed by atoms with van der Waals surface area (Å²) in [6.45, 7) is 6.65. The van der Waals surface area contributed by atoms with Crippen molar-refractivity contribution in [3.63, 3.8) is 0 Å². The van der Waals surface area contributed by atoms with Crippen LogP contribution in [0.5, 0.6) is 0 Å². The molecule has 0 atom stereocenters.